The second kappa shape index (κ2) is 8.42. The van der Waals surface area contributed by atoms with Crippen molar-refractivity contribution < 1.29 is 8.42 Å². The van der Waals surface area contributed by atoms with E-state index in [1.165, 1.54) is 32.8 Å². The maximum absolute atomic E-state index is 13.0. The van der Waals surface area contributed by atoms with Crippen LogP contribution in [0.15, 0.2) is 59.5 Å². The highest BCUT2D eigenvalue weighted by Gasteiger charge is 2.30. The Bertz CT molecular complexity index is 1150. The van der Waals surface area contributed by atoms with Gasteiger partial charge >= 0.3 is 0 Å². The van der Waals surface area contributed by atoms with Gasteiger partial charge in [-0.2, -0.15) is 4.31 Å². The number of rotatable bonds is 4. The molecule has 29 heavy (non-hydrogen) atoms. The molecule has 0 radical (unpaired) electrons. The van der Waals surface area contributed by atoms with Crippen molar-refractivity contribution in [1.82, 2.24) is 9.21 Å². The van der Waals surface area contributed by atoms with E-state index in [9.17, 15) is 8.42 Å². The quantitative estimate of drug-likeness (QED) is 0.486. The molecule has 0 spiro atoms. The van der Waals surface area contributed by atoms with E-state index in [0.717, 1.165) is 6.54 Å². The summed E-state index contributed by atoms with van der Waals surface area (Å²) in [5, 5.41) is 2.92. The maximum Gasteiger partial charge on any atom is 0.244 e. The predicted octanol–water partition coefficient (Wildman–Crippen LogP) is 5.31. The molecule has 4 nitrogen and oxygen atoms in total. The third-order valence-electron chi connectivity index (χ3n) is 5.20. The van der Waals surface area contributed by atoms with Gasteiger partial charge in [0.25, 0.3) is 0 Å². The highest BCUT2D eigenvalue weighted by atomic mass is 35.5. The van der Waals surface area contributed by atoms with Crippen LogP contribution in [-0.4, -0.2) is 43.8 Å². The van der Waals surface area contributed by atoms with Crippen LogP contribution in [0.5, 0.6) is 0 Å². The van der Waals surface area contributed by atoms with E-state index in [4.69, 9.17) is 34.8 Å². The van der Waals surface area contributed by atoms with E-state index in [-0.39, 0.29) is 20.0 Å². The highest BCUT2D eigenvalue weighted by molar-refractivity contribution is 7.89. The normalized spacial score (nSPS) is 16.4. The zero-order valence-corrected chi connectivity index (χ0v) is 18.6. The molecule has 8 heteroatoms. The Labute approximate surface area is 185 Å². The van der Waals surface area contributed by atoms with Gasteiger partial charge in [0.2, 0.25) is 10.0 Å². The average Bonchev–Trinajstić information content (AvgIpc) is 2.71. The molecule has 1 aliphatic heterocycles. The van der Waals surface area contributed by atoms with Crippen LogP contribution in [0.1, 0.15) is 5.56 Å². The lowest BCUT2D eigenvalue weighted by Crippen LogP contribution is -2.48. The Morgan fingerprint density at radius 1 is 0.793 bits per heavy atom. The van der Waals surface area contributed by atoms with Crippen LogP contribution >= 0.6 is 34.8 Å². The first-order valence-corrected chi connectivity index (χ1v) is 11.8. The van der Waals surface area contributed by atoms with E-state index in [1.54, 1.807) is 0 Å². The average molecular weight is 470 g/mol. The molecule has 0 aliphatic carbocycles. The smallest absolute Gasteiger partial charge is 0.244 e. The van der Waals surface area contributed by atoms with E-state index in [2.05, 4.69) is 35.2 Å². The molecule has 0 aromatic heterocycles. The van der Waals surface area contributed by atoms with Crippen molar-refractivity contribution in [3.63, 3.8) is 0 Å². The first kappa shape index (κ1) is 20.9. The molecule has 0 unspecified atom stereocenters. The second-order valence-corrected chi connectivity index (χ2v) is 10.1. The van der Waals surface area contributed by atoms with Gasteiger partial charge in [-0.05, 0) is 28.5 Å². The van der Waals surface area contributed by atoms with Crippen molar-refractivity contribution in [1.29, 1.82) is 0 Å². The van der Waals surface area contributed by atoms with Crippen LogP contribution in [0, 0.1) is 0 Å². The molecule has 1 saturated heterocycles. The summed E-state index contributed by atoms with van der Waals surface area (Å²) in [5.74, 6) is 0. The van der Waals surface area contributed by atoms with E-state index >= 15 is 0 Å². The minimum Gasteiger partial charge on any atom is -0.296 e. The van der Waals surface area contributed by atoms with Gasteiger partial charge in [-0.15, -0.1) is 0 Å². The number of benzene rings is 3. The summed E-state index contributed by atoms with van der Waals surface area (Å²) >= 11 is 18.1. The Morgan fingerprint density at radius 2 is 1.45 bits per heavy atom. The molecule has 0 bridgehead atoms. The third-order valence-corrected chi connectivity index (χ3v) is 8.28. The molecular formula is C21H19Cl3N2O2S. The molecule has 0 saturated carbocycles. The number of fused-ring (bicyclic) bond motifs is 1. The van der Waals surface area contributed by atoms with E-state index in [0.29, 0.717) is 26.2 Å². The summed E-state index contributed by atoms with van der Waals surface area (Å²) in [6, 6.07) is 17.3. The third kappa shape index (κ3) is 4.26. The van der Waals surface area contributed by atoms with Gasteiger partial charge in [0.15, 0.2) is 0 Å². The van der Waals surface area contributed by atoms with Crippen LogP contribution in [0.4, 0.5) is 0 Å². The molecular weight excluding hydrogens is 451 g/mol. The van der Waals surface area contributed by atoms with Crippen molar-refractivity contribution in [3.8, 4) is 0 Å². The monoisotopic (exact) mass is 468 g/mol. The van der Waals surface area contributed by atoms with Gasteiger partial charge in [0.05, 0.1) is 15.1 Å². The van der Waals surface area contributed by atoms with Crippen molar-refractivity contribution in [2.75, 3.05) is 26.2 Å². The Kier molecular flexibility index (Phi) is 6.07. The Morgan fingerprint density at radius 3 is 2.21 bits per heavy atom. The second-order valence-electron chi connectivity index (χ2n) is 7.02. The lowest BCUT2D eigenvalue weighted by molar-refractivity contribution is 0.182. The van der Waals surface area contributed by atoms with Gasteiger partial charge < -0.3 is 0 Å². The molecule has 0 atom stereocenters. The molecule has 1 fully saturated rings. The number of hydrogen-bond donors (Lipinski definition) is 0. The summed E-state index contributed by atoms with van der Waals surface area (Å²) in [6.07, 6.45) is 0. The Balaban J connectivity index is 1.49. The number of piperazine rings is 1. The van der Waals surface area contributed by atoms with Crippen molar-refractivity contribution >= 4 is 55.6 Å². The molecule has 1 heterocycles. The SMILES string of the molecule is O=S(=O)(c1cc(Cl)c(Cl)cc1Cl)N1CCN(Cc2cccc3ccccc23)CC1. The number of halogens is 3. The zero-order valence-electron chi connectivity index (χ0n) is 15.5. The van der Waals surface area contributed by atoms with Gasteiger partial charge in [-0.25, -0.2) is 8.42 Å². The number of hydrogen-bond acceptors (Lipinski definition) is 3. The highest BCUT2D eigenvalue weighted by Crippen LogP contribution is 2.33. The summed E-state index contributed by atoms with van der Waals surface area (Å²) in [4.78, 5) is 2.26. The lowest BCUT2D eigenvalue weighted by atomic mass is 10.0. The summed E-state index contributed by atoms with van der Waals surface area (Å²) in [5.41, 5.74) is 1.24. The van der Waals surface area contributed by atoms with Crippen LogP contribution < -0.4 is 0 Å². The summed E-state index contributed by atoms with van der Waals surface area (Å²) < 4.78 is 27.5. The minimum atomic E-state index is -3.73. The van der Waals surface area contributed by atoms with Crippen LogP contribution in [0.2, 0.25) is 15.1 Å². The topological polar surface area (TPSA) is 40.6 Å². The van der Waals surface area contributed by atoms with Crippen molar-refractivity contribution in [2.24, 2.45) is 0 Å². The van der Waals surface area contributed by atoms with Gasteiger partial charge in [-0.3, -0.25) is 4.90 Å². The predicted molar refractivity (Wildman–Crippen MR) is 119 cm³/mol. The summed E-state index contributed by atoms with van der Waals surface area (Å²) in [6.45, 7) is 2.85. The largest absolute Gasteiger partial charge is 0.296 e. The maximum atomic E-state index is 13.0. The van der Waals surface area contributed by atoms with Gasteiger partial charge in [-0.1, -0.05) is 77.3 Å². The van der Waals surface area contributed by atoms with Crippen LogP contribution in [-0.2, 0) is 16.6 Å². The fourth-order valence-corrected chi connectivity index (χ4v) is 6.04. The van der Waals surface area contributed by atoms with Crippen LogP contribution in [0.3, 0.4) is 0 Å². The van der Waals surface area contributed by atoms with Crippen molar-refractivity contribution in [2.45, 2.75) is 11.4 Å². The van der Waals surface area contributed by atoms with Crippen molar-refractivity contribution in [3.05, 3.63) is 75.2 Å². The van der Waals surface area contributed by atoms with Gasteiger partial charge in [0, 0.05) is 32.7 Å². The number of sulfonamides is 1. The Hall–Kier alpha value is -1.34. The molecule has 3 aromatic rings. The first-order valence-electron chi connectivity index (χ1n) is 9.20. The molecule has 0 N–H and O–H groups in total. The molecule has 4 rings (SSSR count). The van der Waals surface area contributed by atoms with Crippen LogP contribution in [0.25, 0.3) is 10.8 Å². The minimum absolute atomic E-state index is 0.00364. The molecule has 3 aromatic carbocycles. The molecule has 1 aliphatic rings. The van der Waals surface area contributed by atoms with Gasteiger partial charge in [0.1, 0.15) is 4.90 Å². The standard InChI is InChI=1S/C21H19Cl3N2O2S/c22-18-12-20(24)21(13-19(18)23)29(27,28)26-10-8-25(9-11-26)14-16-6-3-5-15-4-1-2-7-17(15)16/h1-7,12-13H,8-11,14H2. The lowest BCUT2D eigenvalue weighted by Gasteiger charge is -2.34. The zero-order chi connectivity index (χ0) is 20.6. The fourth-order valence-electron chi connectivity index (χ4n) is 3.64. The van der Waals surface area contributed by atoms with E-state index in [1.807, 2.05) is 12.1 Å². The number of nitrogens with zero attached hydrogens (tertiary/aromatic N) is 2. The first-order chi connectivity index (χ1) is 13.9. The fraction of sp³-hybridized carbons (Fsp3) is 0.238. The molecule has 0 amide bonds. The van der Waals surface area contributed by atoms with E-state index < -0.39 is 10.0 Å². The molecule has 152 valence electrons. The summed E-state index contributed by atoms with van der Waals surface area (Å²) in [7, 11) is -3.73.